The predicted molar refractivity (Wildman–Crippen MR) is 96.7 cm³/mol. The van der Waals surface area contributed by atoms with Crippen molar-refractivity contribution >= 4 is 5.91 Å². The number of ether oxygens (including phenoxy) is 4. The summed E-state index contributed by atoms with van der Waals surface area (Å²) in [5.74, 6) is 1.98. The molecule has 6 nitrogen and oxygen atoms in total. The lowest BCUT2D eigenvalue weighted by molar-refractivity contribution is 0.0644. The molecular weight excluding hydrogens is 334 g/mol. The fourth-order valence-corrected chi connectivity index (χ4v) is 2.62. The van der Waals surface area contributed by atoms with Gasteiger partial charge in [-0.25, -0.2) is 0 Å². The van der Waals surface area contributed by atoms with E-state index >= 15 is 0 Å². The van der Waals surface area contributed by atoms with E-state index < -0.39 is 0 Å². The monoisotopic (exact) mass is 357 g/mol. The Morgan fingerprint density at radius 1 is 1.15 bits per heavy atom. The minimum atomic E-state index is -0.156. The van der Waals surface area contributed by atoms with E-state index in [4.69, 9.17) is 18.9 Å². The first-order valence-corrected chi connectivity index (χ1v) is 8.52. The third-order valence-corrected chi connectivity index (χ3v) is 4.00. The fourth-order valence-electron chi connectivity index (χ4n) is 2.62. The van der Waals surface area contributed by atoms with Crippen molar-refractivity contribution in [3.8, 4) is 17.2 Å². The van der Waals surface area contributed by atoms with Crippen LogP contribution in [-0.4, -0.2) is 25.9 Å². The molecule has 1 amide bonds. The molecule has 0 aromatic heterocycles. The zero-order valence-corrected chi connectivity index (χ0v) is 15.2. The number of rotatable bonds is 7. The summed E-state index contributed by atoms with van der Waals surface area (Å²) in [5.41, 5.74) is 2.35. The van der Waals surface area contributed by atoms with Crippen molar-refractivity contribution in [2.75, 3.05) is 13.9 Å². The molecule has 2 aromatic rings. The number of carbonyl (C=O) groups excluding carboxylic acids is 1. The number of methoxy groups -OCH3 is 1. The van der Waals surface area contributed by atoms with Crippen molar-refractivity contribution in [1.29, 1.82) is 0 Å². The van der Waals surface area contributed by atoms with Crippen molar-refractivity contribution in [3.05, 3.63) is 53.1 Å². The average molecular weight is 357 g/mol. The molecule has 1 N–H and O–H groups in total. The Labute approximate surface area is 153 Å². The van der Waals surface area contributed by atoms with Gasteiger partial charge in [-0.3, -0.25) is 4.79 Å². The van der Waals surface area contributed by atoms with Gasteiger partial charge < -0.3 is 24.3 Å². The third kappa shape index (κ3) is 4.26. The lowest BCUT2D eigenvalue weighted by atomic mass is 10.1. The summed E-state index contributed by atoms with van der Waals surface area (Å²) < 4.78 is 21.6. The maximum absolute atomic E-state index is 12.5. The van der Waals surface area contributed by atoms with E-state index in [0.717, 1.165) is 16.9 Å². The summed E-state index contributed by atoms with van der Waals surface area (Å²) in [7, 11) is 1.60. The highest BCUT2D eigenvalue weighted by Gasteiger charge is 2.14. The van der Waals surface area contributed by atoms with Gasteiger partial charge in [-0.05, 0) is 49.7 Å². The average Bonchev–Trinajstić information content (AvgIpc) is 3.11. The van der Waals surface area contributed by atoms with Gasteiger partial charge in [0.05, 0.1) is 19.8 Å². The standard InChI is InChI=1S/C20H23NO5/c1-13(2)24-11-16-9-15(5-7-17(16)23-3)20(22)21-10-14-4-6-18-19(8-14)26-12-25-18/h4-9,13H,10-12H2,1-3H3,(H,21,22). The molecule has 0 fully saturated rings. The summed E-state index contributed by atoms with van der Waals surface area (Å²) >= 11 is 0. The number of carbonyl (C=O) groups is 1. The maximum Gasteiger partial charge on any atom is 0.251 e. The molecule has 3 rings (SSSR count). The molecule has 0 radical (unpaired) electrons. The lowest BCUT2D eigenvalue weighted by Crippen LogP contribution is -2.23. The molecule has 1 heterocycles. The van der Waals surface area contributed by atoms with Crippen LogP contribution in [0, 0.1) is 0 Å². The summed E-state index contributed by atoms with van der Waals surface area (Å²) in [4.78, 5) is 12.5. The van der Waals surface area contributed by atoms with Gasteiger partial charge in [-0.15, -0.1) is 0 Å². The topological polar surface area (TPSA) is 66.0 Å². The number of fused-ring (bicyclic) bond motifs is 1. The molecule has 0 saturated carbocycles. The van der Waals surface area contributed by atoms with E-state index in [0.29, 0.717) is 30.2 Å². The number of nitrogens with one attached hydrogen (secondary N) is 1. The first-order chi connectivity index (χ1) is 12.6. The van der Waals surface area contributed by atoms with E-state index in [1.165, 1.54) is 0 Å². The van der Waals surface area contributed by atoms with Crippen LogP contribution < -0.4 is 19.5 Å². The van der Waals surface area contributed by atoms with E-state index in [1.54, 1.807) is 25.3 Å². The Balaban J connectivity index is 1.66. The minimum Gasteiger partial charge on any atom is -0.496 e. The predicted octanol–water partition coefficient (Wildman–Crippen LogP) is 3.28. The SMILES string of the molecule is COc1ccc(C(=O)NCc2ccc3c(c2)OCO3)cc1COC(C)C. The molecule has 0 atom stereocenters. The summed E-state index contributed by atoms with van der Waals surface area (Å²) in [5, 5.41) is 2.92. The maximum atomic E-state index is 12.5. The second kappa shape index (κ2) is 8.10. The van der Waals surface area contributed by atoms with Gasteiger partial charge in [-0.1, -0.05) is 6.07 Å². The number of benzene rings is 2. The smallest absolute Gasteiger partial charge is 0.251 e. The van der Waals surface area contributed by atoms with E-state index in [9.17, 15) is 4.79 Å². The minimum absolute atomic E-state index is 0.100. The molecule has 1 aliphatic heterocycles. The first kappa shape index (κ1) is 18.1. The molecule has 0 aliphatic carbocycles. The van der Waals surface area contributed by atoms with Crippen molar-refractivity contribution in [2.24, 2.45) is 0 Å². The Kier molecular flexibility index (Phi) is 5.63. The largest absolute Gasteiger partial charge is 0.496 e. The van der Waals surface area contributed by atoms with Crippen molar-refractivity contribution in [3.63, 3.8) is 0 Å². The van der Waals surface area contributed by atoms with Crippen LogP contribution in [0.3, 0.4) is 0 Å². The second-order valence-electron chi connectivity index (χ2n) is 6.26. The van der Waals surface area contributed by atoms with Crippen molar-refractivity contribution in [1.82, 2.24) is 5.32 Å². The third-order valence-electron chi connectivity index (χ3n) is 4.00. The van der Waals surface area contributed by atoms with Crippen LogP contribution >= 0.6 is 0 Å². The van der Waals surface area contributed by atoms with Gasteiger partial charge in [0.1, 0.15) is 5.75 Å². The number of amides is 1. The molecule has 26 heavy (non-hydrogen) atoms. The highest BCUT2D eigenvalue weighted by Crippen LogP contribution is 2.32. The zero-order valence-electron chi connectivity index (χ0n) is 15.2. The normalized spacial score (nSPS) is 12.3. The zero-order chi connectivity index (χ0) is 18.5. The van der Waals surface area contributed by atoms with Crippen LogP contribution in [0.25, 0.3) is 0 Å². The fraction of sp³-hybridized carbons (Fsp3) is 0.350. The van der Waals surface area contributed by atoms with Crippen LogP contribution in [-0.2, 0) is 17.9 Å². The molecule has 0 unspecified atom stereocenters. The van der Waals surface area contributed by atoms with Crippen LogP contribution in [0.2, 0.25) is 0 Å². The van der Waals surface area contributed by atoms with Crippen molar-refractivity contribution < 1.29 is 23.7 Å². The molecular formula is C20H23NO5. The molecule has 0 bridgehead atoms. The van der Waals surface area contributed by atoms with Gasteiger partial charge in [0.15, 0.2) is 11.5 Å². The van der Waals surface area contributed by atoms with Gasteiger partial charge in [0, 0.05) is 17.7 Å². The highest BCUT2D eigenvalue weighted by atomic mass is 16.7. The molecule has 0 spiro atoms. The van der Waals surface area contributed by atoms with E-state index in [-0.39, 0.29) is 18.8 Å². The number of hydrogen-bond donors (Lipinski definition) is 1. The molecule has 0 saturated heterocycles. The molecule has 138 valence electrons. The summed E-state index contributed by atoms with van der Waals surface area (Å²) in [6, 6.07) is 11.0. The Morgan fingerprint density at radius 2 is 1.96 bits per heavy atom. The van der Waals surface area contributed by atoms with Crippen LogP contribution in [0.15, 0.2) is 36.4 Å². The van der Waals surface area contributed by atoms with E-state index in [1.807, 2.05) is 32.0 Å². The van der Waals surface area contributed by atoms with Gasteiger partial charge in [0.2, 0.25) is 6.79 Å². The van der Waals surface area contributed by atoms with Crippen LogP contribution in [0.5, 0.6) is 17.2 Å². The first-order valence-electron chi connectivity index (χ1n) is 8.52. The highest BCUT2D eigenvalue weighted by molar-refractivity contribution is 5.94. The van der Waals surface area contributed by atoms with Gasteiger partial charge >= 0.3 is 0 Å². The second-order valence-corrected chi connectivity index (χ2v) is 6.26. The Morgan fingerprint density at radius 3 is 2.73 bits per heavy atom. The van der Waals surface area contributed by atoms with Crippen molar-refractivity contribution in [2.45, 2.75) is 33.1 Å². The quantitative estimate of drug-likeness (QED) is 0.824. The summed E-state index contributed by atoms with van der Waals surface area (Å²) in [6.07, 6.45) is 0.100. The Bertz CT molecular complexity index is 788. The molecule has 6 heteroatoms. The van der Waals surface area contributed by atoms with Gasteiger partial charge in [-0.2, -0.15) is 0 Å². The van der Waals surface area contributed by atoms with Gasteiger partial charge in [0.25, 0.3) is 5.91 Å². The van der Waals surface area contributed by atoms with E-state index in [2.05, 4.69) is 5.32 Å². The molecule has 2 aromatic carbocycles. The lowest BCUT2D eigenvalue weighted by Gasteiger charge is -2.13. The van der Waals surface area contributed by atoms with Crippen LogP contribution in [0.4, 0.5) is 0 Å². The summed E-state index contributed by atoms with van der Waals surface area (Å²) in [6.45, 7) is 4.96. The number of hydrogen-bond acceptors (Lipinski definition) is 5. The van der Waals surface area contributed by atoms with Crippen LogP contribution in [0.1, 0.15) is 35.3 Å². The molecule has 1 aliphatic rings. The Hall–Kier alpha value is -2.73.